The second-order valence-corrected chi connectivity index (χ2v) is 6.48. The minimum atomic E-state index is 0.271. The minimum absolute atomic E-state index is 0.271. The van der Waals surface area contributed by atoms with Gasteiger partial charge in [0.05, 0.1) is 0 Å². The van der Waals surface area contributed by atoms with Gasteiger partial charge in [0, 0.05) is 18.0 Å². The normalized spacial score (nSPS) is 20.2. The molecule has 1 saturated carbocycles. The van der Waals surface area contributed by atoms with Crippen molar-refractivity contribution < 1.29 is 0 Å². The maximum absolute atomic E-state index is 5.53. The van der Waals surface area contributed by atoms with Crippen molar-refractivity contribution in [2.45, 2.75) is 54.0 Å². The van der Waals surface area contributed by atoms with Gasteiger partial charge in [0.2, 0.25) is 0 Å². The van der Waals surface area contributed by atoms with Gasteiger partial charge in [0.1, 0.15) is 17.5 Å². The van der Waals surface area contributed by atoms with Crippen LogP contribution in [0.25, 0.3) is 0 Å². The van der Waals surface area contributed by atoms with Crippen molar-refractivity contribution in [1.29, 1.82) is 0 Å². The first-order chi connectivity index (χ1) is 8.75. The van der Waals surface area contributed by atoms with Gasteiger partial charge >= 0.3 is 0 Å². The summed E-state index contributed by atoms with van der Waals surface area (Å²) in [6, 6.07) is 0.420. The molecule has 106 valence electrons. The lowest BCUT2D eigenvalue weighted by Crippen LogP contribution is -2.17. The molecule has 0 spiro atoms. The van der Waals surface area contributed by atoms with Crippen LogP contribution in [0.15, 0.2) is 0 Å². The summed E-state index contributed by atoms with van der Waals surface area (Å²) >= 11 is 0. The molecule has 1 aliphatic rings. The average Bonchev–Trinajstić information content (AvgIpc) is 2.74. The molecule has 1 heterocycles. The van der Waals surface area contributed by atoms with Gasteiger partial charge in [-0.3, -0.25) is 0 Å². The number of aromatic nitrogens is 2. The van der Waals surface area contributed by atoms with Crippen LogP contribution < -0.4 is 16.6 Å². The van der Waals surface area contributed by atoms with Gasteiger partial charge in [-0.15, -0.1) is 0 Å². The second-order valence-electron chi connectivity index (χ2n) is 6.48. The molecule has 1 aromatic heterocycles. The van der Waals surface area contributed by atoms with E-state index in [2.05, 4.69) is 48.4 Å². The number of hydrogen-bond acceptors (Lipinski definition) is 5. The Morgan fingerprint density at radius 2 is 1.63 bits per heavy atom. The summed E-state index contributed by atoms with van der Waals surface area (Å²) in [5.74, 6) is 7.92. The Morgan fingerprint density at radius 3 is 2.05 bits per heavy atom. The molecule has 0 bridgehead atoms. The Morgan fingerprint density at radius 1 is 1.11 bits per heavy atom. The Hall–Kier alpha value is -1.36. The van der Waals surface area contributed by atoms with Gasteiger partial charge < -0.3 is 10.7 Å². The second kappa shape index (κ2) is 4.34. The molecular weight excluding hydrogens is 238 g/mol. The summed E-state index contributed by atoms with van der Waals surface area (Å²) in [5.41, 5.74) is 4.17. The number of nitrogens with zero attached hydrogens (tertiary/aromatic N) is 2. The molecule has 0 unspecified atom stereocenters. The van der Waals surface area contributed by atoms with Crippen molar-refractivity contribution >= 4 is 11.6 Å². The van der Waals surface area contributed by atoms with Crippen molar-refractivity contribution in [1.82, 2.24) is 9.97 Å². The van der Waals surface area contributed by atoms with E-state index in [0.29, 0.717) is 11.9 Å². The average molecular weight is 263 g/mol. The zero-order valence-electron chi connectivity index (χ0n) is 12.8. The van der Waals surface area contributed by atoms with Crippen LogP contribution in [0.3, 0.4) is 0 Å². The van der Waals surface area contributed by atoms with Gasteiger partial charge in [-0.2, -0.15) is 0 Å². The fourth-order valence-corrected chi connectivity index (χ4v) is 2.70. The summed E-state index contributed by atoms with van der Waals surface area (Å²) in [4.78, 5) is 8.98. The highest BCUT2D eigenvalue weighted by molar-refractivity contribution is 5.58. The van der Waals surface area contributed by atoms with Gasteiger partial charge in [-0.25, -0.2) is 15.8 Å². The van der Waals surface area contributed by atoms with Crippen LogP contribution in [-0.4, -0.2) is 16.0 Å². The first kappa shape index (κ1) is 14.1. The van der Waals surface area contributed by atoms with Crippen LogP contribution in [0.1, 0.15) is 46.0 Å². The number of aryl methyl sites for hydroxylation is 1. The molecule has 4 N–H and O–H groups in total. The lowest BCUT2D eigenvalue weighted by molar-refractivity contribution is 0.457. The van der Waals surface area contributed by atoms with Crippen LogP contribution in [0.5, 0.6) is 0 Å². The molecule has 5 heteroatoms. The van der Waals surface area contributed by atoms with Crippen molar-refractivity contribution in [3.8, 4) is 0 Å². The van der Waals surface area contributed by atoms with E-state index < -0.39 is 0 Å². The molecule has 0 saturated heterocycles. The molecule has 0 aliphatic heterocycles. The van der Waals surface area contributed by atoms with Gasteiger partial charge in [-0.05, 0) is 17.8 Å². The molecular formula is C14H25N5. The summed E-state index contributed by atoms with van der Waals surface area (Å²) in [6.45, 7) is 13.2. The van der Waals surface area contributed by atoms with E-state index in [1.165, 1.54) is 0 Å². The van der Waals surface area contributed by atoms with E-state index >= 15 is 0 Å². The first-order valence-corrected chi connectivity index (χ1v) is 6.86. The molecule has 0 aromatic carbocycles. The molecule has 0 amide bonds. The fraction of sp³-hybridized carbons (Fsp3) is 0.714. The lowest BCUT2D eigenvalue weighted by atomic mass is 10.0. The Labute approximate surface area is 115 Å². The van der Waals surface area contributed by atoms with E-state index in [0.717, 1.165) is 23.6 Å². The zero-order chi connectivity index (χ0) is 14.4. The van der Waals surface area contributed by atoms with Crippen LogP contribution in [0.4, 0.5) is 11.6 Å². The summed E-state index contributed by atoms with van der Waals surface area (Å²) in [5, 5.41) is 3.57. The number of nitrogens with one attached hydrogen (secondary N) is 2. The Kier molecular flexibility index (Phi) is 3.21. The SMILES string of the molecule is CCc1nc(NN)c(C)c(NC2C(C)(C)C2(C)C)n1. The molecule has 5 nitrogen and oxygen atoms in total. The van der Waals surface area contributed by atoms with E-state index in [9.17, 15) is 0 Å². The fourth-order valence-electron chi connectivity index (χ4n) is 2.70. The lowest BCUT2D eigenvalue weighted by Gasteiger charge is -2.14. The third-order valence-corrected chi connectivity index (χ3v) is 4.95. The molecule has 0 atom stereocenters. The number of hydrogen-bond donors (Lipinski definition) is 3. The zero-order valence-corrected chi connectivity index (χ0v) is 12.8. The molecule has 1 fully saturated rings. The predicted molar refractivity (Wildman–Crippen MR) is 78.9 cm³/mol. The summed E-state index contributed by atoms with van der Waals surface area (Å²) in [6.07, 6.45) is 0.793. The van der Waals surface area contributed by atoms with Gasteiger partial charge in [0.15, 0.2) is 0 Å². The highest BCUT2D eigenvalue weighted by Gasteiger charge is 2.65. The summed E-state index contributed by atoms with van der Waals surface area (Å²) in [7, 11) is 0. The Bertz CT molecular complexity index is 479. The molecule has 1 aromatic rings. The molecule has 2 rings (SSSR count). The standard InChI is InChI=1S/C14H25N5/c1-7-9-16-10(8(2)11(17-9)19-15)18-12-13(3,4)14(12,5)6/h12H,7,15H2,1-6H3,(H2,16,17,18,19). The molecule has 1 aliphatic carbocycles. The first-order valence-electron chi connectivity index (χ1n) is 6.86. The van der Waals surface area contributed by atoms with Crippen LogP contribution in [-0.2, 0) is 6.42 Å². The van der Waals surface area contributed by atoms with Crippen molar-refractivity contribution in [3.63, 3.8) is 0 Å². The van der Waals surface area contributed by atoms with E-state index in [1.807, 2.05) is 13.8 Å². The summed E-state index contributed by atoms with van der Waals surface area (Å²) < 4.78 is 0. The number of rotatable bonds is 4. The largest absolute Gasteiger partial charge is 0.366 e. The van der Waals surface area contributed by atoms with Crippen LogP contribution in [0.2, 0.25) is 0 Å². The third-order valence-electron chi connectivity index (χ3n) is 4.95. The van der Waals surface area contributed by atoms with Crippen molar-refractivity contribution in [2.75, 3.05) is 10.7 Å². The van der Waals surface area contributed by atoms with Crippen LogP contribution >= 0.6 is 0 Å². The van der Waals surface area contributed by atoms with E-state index in [1.54, 1.807) is 0 Å². The third kappa shape index (κ3) is 2.06. The van der Waals surface area contributed by atoms with Crippen molar-refractivity contribution in [2.24, 2.45) is 16.7 Å². The highest BCUT2D eigenvalue weighted by atomic mass is 15.3. The number of hydrazine groups is 1. The number of nitrogen functional groups attached to an aromatic ring is 1. The van der Waals surface area contributed by atoms with Crippen molar-refractivity contribution in [3.05, 3.63) is 11.4 Å². The highest BCUT2D eigenvalue weighted by Crippen LogP contribution is 2.63. The van der Waals surface area contributed by atoms with E-state index in [-0.39, 0.29) is 10.8 Å². The molecule has 19 heavy (non-hydrogen) atoms. The quantitative estimate of drug-likeness (QED) is 0.575. The van der Waals surface area contributed by atoms with E-state index in [4.69, 9.17) is 5.84 Å². The smallest absolute Gasteiger partial charge is 0.148 e. The monoisotopic (exact) mass is 263 g/mol. The topological polar surface area (TPSA) is 75.9 Å². The maximum atomic E-state index is 5.53. The van der Waals surface area contributed by atoms with Crippen LogP contribution in [0, 0.1) is 17.8 Å². The number of anilines is 2. The van der Waals surface area contributed by atoms with Gasteiger partial charge in [-0.1, -0.05) is 34.6 Å². The minimum Gasteiger partial charge on any atom is -0.366 e. The maximum Gasteiger partial charge on any atom is 0.148 e. The van der Waals surface area contributed by atoms with Gasteiger partial charge in [0.25, 0.3) is 0 Å². The predicted octanol–water partition coefficient (Wildman–Crippen LogP) is 2.48. The number of nitrogens with two attached hydrogens (primary N) is 1. The Balaban J connectivity index is 2.31. The molecule has 0 radical (unpaired) electrons.